The first kappa shape index (κ1) is 14.8. The maximum absolute atomic E-state index is 12.0. The molecule has 0 radical (unpaired) electrons. The number of carbonyl (C=O) groups excluding carboxylic acids is 2. The van der Waals surface area contributed by atoms with Crippen molar-refractivity contribution in [3.63, 3.8) is 0 Å². The highest BCUT2D eigenvalue weighted by Gasteiger charge is 2.34. The molecule has 0 aromatic carbocycles. The normalized spacial score (nSPS) is 18.9. The molecule has 2 unspecified atom stereocenters. The predicted octanol–water partition coefficient (Wildman–Crippen LogP) is 1.80. The molecule has 3 N–H and O–H groups in total. The summed E-state index contributed by atoms with van der Waals surface area (Å²) in [6, 6.07) is 0.248. The van der Waals surface area contributed by atoms with E-state index in [0.717, 1.165) is 19.3 Å². The first-order valence-corrected chi connectivity index (χ1v) is 6.45. The molecule has 5 heteroatoms. The van der Waals surface area contributed by atoms with Crippen LogP contribution in [0.3, 0.4) is 0 Å². The molecular formula is C13H24N2O3. The summed E-state index contributed by atoms with van der Waals surface area (Å²) in [6.07, 6.45) is 1.10. The van der Waals surface area contributed by atoms with Crippen LogP contribution in [0, 0.1) is 11.3 Å². The lowest BCUT2D eigenvalue weighted by Crippen LogP contribution is -2.44. The molecule has 0 bridgehead atoms. The SMILES string of the molecule is CC(CC(C)(C)C)C(OC(N)=O)C(=O)NC1CC1. The fraction of sp³-hybridized carbons (Fsp3) is 0.846. The molecule has 1 aliphatic rings. The number of nitrogens with two attached hydrogens (primary N) is 1. The molecule has 5 nitrogen and oxygen atoms in total. The molecule has 0 aromatic heterocycles. The number of ether oxygens (including phenoxy) is 1. The highest BCUT2D eigenvalue weighted by molar-refractivity contribution is 5.83. The van der Waals surface area contributed by atoms with Crippen molar-refractivity contribution in [2.45, 2.75) is 59.1 Å². The molecule has 1 fully saturated rings. The Morgan fingerprint density at radius 1 is 1.39 bits per heavy atom. The zero-order valence-electron chi connectivity index (χ0n) is 11.7. The van der Waals surface area contributed by atoms with Gasteiger partial charge in [0.05, 0.1) is 0 Å². The van der Waals surface area contributed by atoms with Crippen molar-refractivity contribution in [3.05, 3.63) is 0 Å². The van der Waals surface area contributed by atoms with Gasteiger partial charge < -0.3 is 15.8 Å². The van der Waals surface area contributed by atoms with Crippen LogP contribution < -0.4 is 11.1 Å². The van der Waals surface area contributed by atoms with Gasteiger partial charge in [-0.2, -0.15) is 0 Å². The smallest absolute Gasteiger partial charge is 0.405 e. The highest BCUT2D eigenvalue weighted by atomic mass is 16.6. The van der Waals surface area contributed by atoms with Crippen LogP contribution in [-0.2, 0) is 9.53 Å². The molecule has 0 aromatic rings. The van der Waals surface area contributed by atoms with Gasteiger partial charge in [0.25, 0.3) is 5.91 Å². The number of rotatable bonds is 5. The number of amides is 2. The maximum Gasteiger partial charge on any atom is 0.405 e. The van der Waals surface area contributed by atoms with Gasteiger partial charge in [0, 0.05) is 12.0 Å². The zero-order chi connectivity index (χ0) is 13.9. The van der Waals surface area contributed by atoms with Crippen molar-refractivity contribution in [2.75, 3.05) is 0 Å². The Bertz CT molecular complexity index is 319. The Labute approximate surface area is 108 Å². The average molecular weight is 256 g/mol. The van der Waals surface area contributed by atoms with Gasteiger partial charge in [0.1, 0.15) is 0 Å². The minimum absolute atomic E-state index is 0.0590. The minimum Gasteiger partial charge on any atom is -0.436 e. The van der Waals surface area contributed by atoms with Crippen molar-refractivity contribution >= 4 is 12.0 Å². The molecule has 2 atom stereocenters. The van der Waals surface area contributed by atoms with E-state index < -0.39 is 12.2 Å². The summed E-state index contributed by atoms with van der Waals surface area (Å²) in [6.45, 7) is 8.17. The van der Waals surface area contributed by atoms with Crippen LogP contribution in [0.5, 0.6) is 0 Å². The third kappa shape index (κ3) is 5.38. The number of hydrogen-bond donors (Lipinski definition) is 2. The standard InChI is InChI=1S/C13H24N2O3/c1-8(7-13(2,3)4)10(18-12(14)17)11(16)15-9-5-6-9/h8-10H,5-7H2,1-4H3,(H2,14,17)(H,15,16). The van der Waals surface area contributed by atoms with Crippen LogP contribution in [0.2, 0.25) is 0 Å². The van der Waals surface area contributed by atoms with Crippen molar-refractivity contribution in [1.82, 2.24) is 5.32 Å². The van der Waals surface area contributed by atoms with Crippen molar-refractivity contribution < 1.29 is 14.3 Å². The van der Waals surface area contributed by atoms with E-state index in [-0.39, 0.29) is 23.3 Å². The second-order valence-corrected chi connectivity index (χ2v) is 6.38. The van der Waals surface area contributed by atoms with E-state index in [0.29, 0.717) is 0 Å². The lowest BCUT2D eigenvalue weighted by molar-refractivity contribution is -0.132. The van der Waals surface area contributed by atoms with Gasteiger partial charge in [-0.05, 0) is 24.7 Å². The zero-order valence-corrected chi connectivity index (χ0v) is 11.7. The Balaban J connectivity index is 2.62. The maximum atomic E-state index is 12.0. The number of primary amides is 1. The molecular weight excluding hydrogens is 232 g/mol. The quantitative estimate of drug-likeness (QED) is 0.787. The average Bonchev–Trinajstić information content (AvgIpc) is 2.94. The van der Waals surface area contributed by atoms with Gasteiger partial charge >= 0.3 is 6.09 Å². The van der Waals surface area contributed by atoms with E-state index in [4.69, 9.17) is 10.5 Å². The molecule has 18 heavy (non-hydrogen) atoms. The van der Waals surface area contributed by atoms with E-state index in [1.807, 2.05) is 6.92 Å². The lowest BCUT2D eigenvalue weighted by atomic mass is 9.83. The predicted molar refractivity (Wildman–Crippen MR) is 68.9 cm³/mol. The van der Waals surface area contributed by atoms with E-state index >= 15 is 0 Å². The summed E-state index contributed by atoms with van der Waals surface area (Å²) in [5.74, 6) is -0.288. The van der Waals surface area contributed by atoms with Crippen LogP contribution in [0.1, 0.15) is 47.0 Å². The molecule has 0 heterocycles. The largest absolute Gasteiger partial charge is 0.436 e. The molecule has 0 saturated heterocycles. The summed E-state index contributed by atoms with van der Waals surface area (Å²) < 4.78 is 4.98. The number of hydrogen-bond acceptors (Lipinski definition) is 3. The third-order valence-electron chi connectivity index (χ3n) is 2.88. The summed E-state index contributed by atoms with van der Waals surface area (Å²) >= 11 is 0. The summed E-state index contributed by atoms with van der Waals surface area (Å²) in [4.78, 5) is 22.9. The Hall–Kier alpha value is -1.26. The second-order valence-electron chi connectivity index (χ2n) is 6.38. The molecule has 1 aliphatic carbocycles. The fourth-order valence-electron chi connectivity index (χ4n) is 2.14. The topological polar surface area (TPSA) is 81.4 Å². The molecule has 104 valence electrons. The molecule has 1 rings (SSSR count). The minimum atomic E-state index is -0.897. The fourth-order valence-corrected chi connectivity index (χ4v) is 2.14. The van der Waals surface area contributed by atoms with Crippen LogP contribution >= 0.6 is 0 Å². The summed E-state index contributed by atoms with van der Waals surface area (Å²) in [5, 5.41) is 2.85. The molecule has 1 saturated carbocycles. The number of nitrogens with one attached hydrogen (secondary N) is 1. The Kier molecular flexibility index (Phi) is 4.59. The van der Waals surface area contributed by atoms with E-state index in [2.05, 4.69) is 26.1 Å². The van der Waals surface area contributed by atoms with Gasteiger partial charge in [-0.1, -0.05) is 27.7 Å². The van der Waals surface area contributed by atoms with Crippen LogP contribution in [0.15, 0.2) is 0 Å². The van der Waals surface area contributed by atoms with Gasteiger partial charge in [0.15, 0.2) is 6.10 Å². The summed E-state index contributed by atoms with van der Waals surface area (Å²) in [5.41, 5.74) is 5.11. The van der Waals surface area contributed by atoms with E-state index in [1.54, 1.807) is 0 Å². The van der Waals surface area contributed by atoms with Gasteiger partial charge in [-0.25, -0.2) is 4.79 Å². The monoisotopic (exact) mass is 256 g/mol. The Morgan fingerprint density at radius 2 is 1.94 bits per heavy atom. The van der Waals surface area contributed by atoms with Gasteiger partial charge in [-0.3, -0.25) is 4.79 Å². The van der Waals surface area contributed by atoms with Gasteiger partial charge in [-0.15, -0.1) is 0 Å². The third-order valence-corrected chi connectivity index (χ3v) is 2.88. The van der Waals surface area contributed by atoms with E-state index in [1.165, 1.54) is 0 Å². The van der Waals surface area contributed by atoms with Crippen LogP contribution in [0.25, 0.3) is 0 Å². The number of carbonyl (C=O) groups is 2. The lowest BCUT2D eigenvalue weighted by Gasteiger charge is -2.28. The molecule has 2 amide bonds. The first-order chi connectivity index (χ1) is 8.19. The highest BCUT2D eigenvalue weighted by Crippen LogP contribution is 2.28. The van der Waals surface area contributed by atoms with Crippen molar-refractivity contribution in [2.24, 2.45) is 17.1 Å². The second kappa shape index (κ2) is 5.59. The Morgan fingerprint density at radius 3 is 2.33 bits per heavy atom. The van der Waals surface area contributed by atoms with E-state index in [9.17, 15) is 9.59 Å². The van der Waals surface area contributed by atoms with Crippen molar-refractivity contribution in [1.29, 1.82) is 0 Å². The summed E-state index contributed by atoms with van der Waals surface area (Å²) in [7, 11) is 0. The molecule has 0 aliphatic heterocycles. The van der Waals surface area contributed by atoms with Crippen LogP contribution in [0.4, 0.5) is 4.79 Å². The van der Waals surface area contributed by atoms with Crippen LogP contribution in [-0.4, -0.2) is 24.1 Å². The van der Waals surface area contributed by atoms with Gasteiger partial charge in [0.2, 0.25) is 0 Å². The first-order valence-electron chi connectivity index (χ1n) is 6.45. The van der Waals surface area contributed by atoms with Crippen molar-refractivity contribution in [3.8, 4) is 0 Å². The molecule has 0 spiro atoms.